The number of hydrogen-bond acceptors (Lipinski definition) is 5. The summed E-state index contributed by atoms with van der Waals surface area (Å²) in [5, 5.41) is 11.9. The van der Waals surface area contributed by atoms with E-state index < -0.39 is 29.4 Å². The Kier molecular flexibility index (Phi) is 7.43. The molecular weight excluding hydrogens is 585 g/mol. The normalized spacial score (nSPS) is 14.0. The van der Waals surface area contributed by atoms with Gasteiger partial charge in [0.2, 0.25) is 0 Å². The Morgan fingerprint density at radius 3 is 2.47 bits per heavy atom. The number of hydrogen-bond donors (Lipinski definition) is 1. The maximum absolute atomic E-state index is 13.3. The predicted molar refractivity (Wildman–Crippen MR) is 165 cm³/mol. The molecule has 1 atom stereocenters. The van der Waals surface area contributed by atoms with Crippen molar-refractivity contribution in [1.82, 2.24) is 9.55 Å². The molecule has 0 saturated carbocycles. The number of aryl methyl sites for hydroxylation is 1. The SMILES string of the molecule is Cc1cc2c(ccc(=O)n2Cc2ccc(C(F)(F)F)cc2)c(-c2ccc3c4c(ccnc24)CCO3)c1C(OC(C)(C)C)C(=O)O. The Hall–Kier alpha value is -4.70. The first-order valence-electron chi connectivity index (χ1n) is 14.5. The van der Waals surface area contributed by atoms with E-state index in [2.05, 4.69) is 0 Å². The van der Waals surface area contributed by atoms with E-state index in [1.807, 2.05) is 18.2 Å². The van der Waals surface area contributed by atoms with Gasteiger partial charge in [0.1, 0.15) is 5.75 Å². The van der Waals surface area contributed by atoms with Gasteiger partial charge in [-0.15, -0.1) is 0 Å². The molecule has 1 aliphatic heterocycles. The van der Waals surface area contributed by atoms with Crippen molar-refractivity contribution < 1.29 is 32.5 Å². The lowest BCUT2D eigenvalue weighted by Gasteiger charge is -2.29. The Balaban J connectivity index is 1.66. The van der Waals surface area contributed by atoms with E-state index in [-0.39, 0.29) is 12.1 Å². The molecule has 2 aromatic heterocycles. The van der Waals surface area contributed by atoms with Crippen molar-refractivity contribution in [2.24, 2.45) is 0 Å². The van der Waals surface area contributed by atoms with Gasteiger partial charge in [0, 0.05) is 40.6 Å². The van der Waals surface area contributed by atoms with Crippen LogP contribution in [0.5, 0.6) is 5.75 Å². The van der Waals surface area contributed by atoms with Crippen molar-refractivity contribution in [2.75, 3.05) is 6.61 Å². The average molecular weight is 617 g/mol. The number of rotatable bonds is 6. The molecule has 0 radical (unpaired) electrons. The maximum atomic E-state index is 13.3. The summed E-state index contributed by atoms with van der Waals surface area (Å²) in [5.74, 6) is -0.493. The molecule has 0 amide bonds. The van der Waals surface area contributed by atoms with E-state index in [0.29, 0.717) is 63.0 Å². The summed E-state index contributed by atoms with van der Waals surface area (Å²) in [5.41, 5.74) is 2.91. The fraction of sp³-hybridized carbons (Fsp3) is 0.286. The molecule has 5 aromatic rings. The molecule has 1 aliphatic rings. The highest BCUT2D eigenvalue weighted by Gasteiger charge is 2.33. The molecule has 3 aromatic carbocycles. The predicted octanol–water partition coefficient (Wildman–Crippen LogP) is 7.47. The first-order valence-corrected chi connectivity index (χ1v) is 14.5. The Bertz CT molecular complexity index is 2020. The van der Waals surface area contributed by atoms with Gasteiger partial charge in [0.15, 0.2) is 6.10 Å². The average Bonchev–Trinajstić information content (AvgIpc) is 2.97. The van der Waals surface area contributed by atoms with Crippen LogP contribution in [0.1, 0.15) is 54.7 Å². The van der Waals surface area contributed by atoms with E-state index in [1.165, 1.54) is 22.8 Å². The molecule has 0 fully saturated rings. The summed E-state index contributed by atoms with van der Waals surface area (Å²) in [6.07, 6.45) is -3.43. The first kappa shape index (κ1) is 30.3. The lowest BCUT2D eigenvalue weighted by Crippen LogP contribution is -2.28. The molecule has 1 unspecified atom stereocenters. The number of aromatic nitrogens is 2. The second kappa shape index (κ2) is 11.0. The van der Waals surface area contributed by atoms with Crippen molar-refractivity contribution in [3.63, 3.8) is 0 Å². The van der Waals surface area contributed by atoms with Crippen molar-refractivity contribution in [3.8, 4) is 16.9 Å². The fourth-order valence-electron chi connectivity index (χ4n) is 6.05. The highest BCUT2D eigenvalue weighted by molar-refractivity contribution is 6.08. The van der Waals surface area contributed by atoms with Crippen molar-refractivity contribution >= 4 is 27.8 Å². The monoisotopic (exact) mass is 616 g/mol. The van der Waals surface area contributed by atoms with Gasteiger partial charge < -0.3 is 19.1 Å². The van der Waals surface area contributed by atoms with Crippen LogP contribution in [-0.2, 0) is 28.7 Å². The number of carboxylic acids is 1. The minimum absolute atomic E-state index is 0.00328. The van der Waals surface area contributed by atoms with Gasteiger partial charge >= 0.3 is 12.1 Å². The van der Waals surface area contributed by atoms with Crippen LogP contribution in [0, 0.1) is 6.92 Å². The van der Waals surface area contributed by atoms with Crippen LogP contribution in [0.4, 0.5) is 13.2 Å². The zero-order valence-electron chi connectivity index (χ0n) is 25.2. The van der Waals surface area contributed by atoms with Gasteiger partial charge in [-0.05, 0) is 92.4 Å². The number of carbonyl (C=O) groups is 1. The molecule has 3 heterocycles. The molecule has 7 nitrogen and oxygen atoms in total. The molecule has 0 saturated heterocycles. The van der Waals surface area contributed by atoms with Gasteiger partial charge in [-0.3, -0.25) is 9.78 Å². The number of carboxylic acid groups (broad SMARTS) is 1. The Morgan fingerprint density at radius 1 is 1.07 bits per heavy atom. The van der Waals surface area contributed by atoms with Gasteiger partial charge in [0.05, 0.1) is 35.3 Å². The third-order valence-electron chi connectivity index (χ3n) is 7.96. The quantitative estimate of drug-likeness (QED) is 0.213. The number of fused-ring (bicyclic) bond motifs is 1. The zero-order chi connectivity index (χ0) is 32.3. The van der Waals surface area contributed by atoms with Crippen molar-refractivity contribution in [3.05, 3.63) is 105 Å². The molecular formula is C35H31F3N2O5. The Morgan fingerprint density at radius 2 is 1.80 bits per heavy atom. The number of nitrogens with zero attached hydrogens (tertiary/aromatic N) is 2. The third kappa shape index (κ3) is 5.66. The number of benzene rings is 3. The summed E-state index contributed by atoms with van der Waals surface area (Å²) in [7, 11) is 0. The lowest BCUT2D eigenvalue weighted by atomic mass is 9.86. The molecule has 232 valence electrons. The smallest absolute Gasteiger partial charge is 0.416 e. The zero-order valence-corrected chi connectivity index (χ0v) is 25.2. The van der Waals surface area contributed by atoms with Crippen LogP contribution in [-0.4, -0.2) is 32.8 Å². The van der Waals surface area contributed by atoms with Crippen LogP contribution in [0.15, 0.2) is 71.7 Å². The summed E-state index contributed by atoms with van der Waals surface area (Å²) >= 11 is 0. The highest BCUT2D eigenvalue weighted by atomic mass is 19.4. The van der Waals surface area contributed by atoms with E-state index in [9.17, 15) is 27.9 Å². The molecule has 45 heavy (non-hydrogen) atoms. The number of alkyl halides is 3. The van der Waals surface area contributed by atoms with Crippen molar-refractivity contribution in [2.45, 2.75) is 58.5 Å². The molecule has 10 heteroatoms. The summed E-state index contributed by atoms with van der Waals surface area (Å²) < 4.78 is 53.2. The second-order valence-corrected chi connectivity index (χ2v) is 12.2. The Labute approximate surface area is 256 Å². The van der Waals surface area contributed by atoms with E-state index in [1.54, 1.807) is 46.0 Å². The van der Waals surface area contributed by atoms with Crippen LogP contribution in [0.2, 0.25) is 0 Å². The first-order chi connectivity index (χ1) is 21.2. The molecule has 1 N–H and O–H groups in total. The van der Waals surface area contributed by atoms with Crippen LogP contribution in [0.3, 0.4) is 0 Å². The van der Waals surface area contributed by atoms with E-state index in [4.69, 9.17) is 14.5 Å². The maximum Gasteiger partial charge on any atom is 0.416 e. The van der Waals surface area contributed by atoms with Crippen LogP contribution < -0.4 is 10.3 Å². The van der Waals surface area contributed by atoms with Gasteiger partial charge in [-0.2, -0.15) is 13.2 Å². The highest BCUT2D eigenvalue weighted by Crippen LogP contribution is 2.45. The minimum Gasteiger partial charge on any atom is -0.493 e. The minimum atomic E-state index is -4.48. The molecule has 0 bridgehead atoms. The molecule has 0 spiro atoms. The lowest BCUT2D eigenvalue weighted by molar-refractivity contribution is -0.160. The number of pyridine rings is 2. The number of ether oxygens (including phenoxy) is 2. The van der Waals surface area contributed by atoms with Gasteiger partial charge in [-0.1, -0.05) is 12.1 Å². The second-order valence-electron chi connectivity index (χ2n) is 12.2. The topological polar surface area (TPSA) is 90.7 Å². The molecule has 0 aliphatic carbocycles. The summed E-state index contributed by atoms with van der Waals surface area (Å²) in [6.45, 7) is 7.64. The summed E-state index contributed by atoms with van der Waals surface area (Å²) in [4.78, 5) is 30.9. The van der Waals surface area contributed by atoms with Crippen LogP contribution in [0.25, 0.3) is 32.9 Å². The van der Waals surface area contributed by atoms with Gasteiger partial charge in [0.25, 0.3) is 5.56 Å². The standard InChI is InChI=1S/C35H31F3N2O5/c1-19-17-25-23(10-12-27(41)40(25)18-20-5-7-22(8-6-20)35(36,37)38)30(28(19)32(33(42)43)45-34(2,3)4)24-9-11-26-29-21(14-16-44-26)13-15-39-31(24)29/h5-13,15,17,32H,14,16,18H2,1-4H3,(H,42,43). The van der Waals surface area contributed by atoms with Crippen molar-refractivity contribution in [1.29, 1.82) is 0 Å². The number of aliphatic carboxylic acids is 1. The number of halogens is 3. The van der Waals surface area contributed by atoms with Crippen LogP contribution >= 0.6 is 0 Å². The summed E-state index contributed by atoms with van der Waals surface area (Å²) in [6, 6.07) is 15.1. The van der Waals surface area contributed by atoms with E-state index >= 15 is 0 Å². The van der Waals surface area contributed by atoms with E-state index in [0.717, 1.165) is 23.1 Å². The molecule has 6 rings (SSSR count). The van der Waals surface area contributed by atoms with Gasteiger partial charge in [-0.25, -0.2) is 4.79 Å². The largest absolute Gasteiger partial charge is 0.493 e. The third-order valence-corrected chi connectivity index (χ3v) is 7.96. The fourth-order valence-corrected chi connectivity index (χ4v) is 6.05.